The molecular formula is C15H15ClN2S. The average Bonchev–Trinajstić information content (AvgIpc) is 2.36. The first-order valence-electron chi connectivity index (χ1n) is 5.95. The molecule has 4 heteroatoms. The maximum Gasteiger partial charge on any atom is 0.104 e. The summed E-state index contributed by atoms with van der Waals surface area (Å²) < 4.78 is 0. The highest BCUT2D eigenvalue weighted by Crippen LogP contribution is 2.17. The Morgan fingerprint density at radius 1 is 1.26 bits per heavy atom. The van der Waals surface area contributed by atoms with Crippen LogP contribution in [0.25, 0.3) is 0 Å². The molecule has 2 aromatic carbocycles. The molecule has 0 aliphatic rings. The Balaban J connectivity index is 2.08. The fraction of sp³-hybridized carbons (Fsp3) is 0.133. The van der Waals surface area contributed by atoms with Crippen LogP contribution in [-0.4, -0.2) is 4.99 Å². The van der Waals surface area contributed by atoms with Crippen LogP contribution in [0.3, 0.4) is 0 Å². The van der Waals surface area contributed by atoms with Crippen LogP contribution < -0.4 is 11.1 Å². The first-order chi connectivity index (χ1) is 9.06. The van der Waals surface area contributed by atoms with Crippen LogP contribution in [0.4, 0.5) is 5.69 Å². The highest BCUT2D eigenvalue weighted by Gasteiger charge is 2.02. The molecule has 0 atom stereocenters. The number of thiocarbonyl (C=S) groups is 1. The van der Waals surface area contributed by atoms with Gasteiger partial charge in [-0.1, -0.05) is 36.0 Å². The van der Waals surface area contributed by atoms with E-state index in [4.69, 9.17) is 29.6 Å². The lowest BCUT2D eigenvalue weighted by Crippen LogP contribution is -2.11. The molecule has 19 heavy (non-hydrogen) atoms. The van der Waals surface area contributed by atoms with Gasteiger partial charge in [-0.05, 0) is 48.4 Å². The molecule has 0 unspecified atom stereocenters. The van der Waals surface area contributed by atoms with Crippen LogP contribution >= 0.6 is 23.8 Å². The van der Waals surface area contributed by atoms with Gasteiger partial charge in [-0.15, -0.1) is 0 Å². The molecule has 2 rings (SSSR count). The van der Waals surface area contributed by atoms with Crippen LogP contribution in [0, 0.1) is 6.92 Å². The smallest absolute Gasteiger partial charge is 0.104 e. The molecule has 98 valence electrons. The lowest BCUT2D eigenvalue weighted by Gasteiger charge is -2.10. The Morgan fingerprint density at radius 2 is 2.05 bits per heavy atom. The van der Waals surface area contributed by atoms with Gasteiger partial charge in [0.15, 0.2) is 0 Å². The van der Waals surface area contributed by atoms with Crippen LogP contribution in [0.5, 0.6) is 0 Å². The lowest BCUT2D eigenvalue weighted by molar-refractivity contribution is 1.15. The number of rotatable bonds is 4. The molecule has 0 amide bonds. The summed E-state index contributed by atoms with van der Waals surface area (Å²) in [6.07, 6.45) is 0. The van der Waals surface area contributed by atoms with E-state index in [1.54, 1.807) is 0 Å². The van der Waals surface area contributed by atoms with Gasteiger partial charge in [0.05, 0.1) is 0 Å². The maximum absolute atomic E-state index is 5.95. The molecule has 0 fully saturated rings. The Hall–Kier alpha value is -1.58. The van der Waals surface area contributed by atoms with E-state index in [0.29, 0.717) is 4.99 Å². The summed E-state index contributed by atoms with van der Waals surface area (Å²) in [7, 11) is 0. The fourth-order valence-corrected chi connectivity index (χ4v) is 2.34. The van der Waals surface area contributed by atoms with Gasteiger partial charge < -0.3 is 11.1 Å². The molecule has 0 aliphatic carbocycles. The molecule has 0 spiro atoms. The maximum atomic E-state index is 5.95. The molecule has 2 aromatic rings. The third kappa shape index (κ3) is 3.69. The molecule has 2 nitrogen and oxygen atoms in total. The summed E-state index contributed by atoms with van der Waals surface area (Å²) in [5, 5.41) is 4.10. The van der Waals surface area contributed by atoms with Crippen molar-refractivity contribution < 1.29 is 0 Å². The quantitative estimate of drug-likeness (QED) is 0.839. The molecule has 0 saturated carbocycles. The highest BCUT2D eigenvalue weighted by molar-refractivity contribution is 7.80. The summed E-state index contributed by atoms with van der Waals surface area (Å²) in [6, 6.07) is 13.8. The molecule has 0 bridgehead atoms. The standard InChI is InChI=1S/C15H15ClN2S/c1-10-7-13(5-6-14(10)15(17)19)18-9-11-3-2-4-12(16)8-11/h2-8,18H,9H2,1H3,(H2,17,19). The Morgan fingerprint density at radius 3 is 2.68 bits per heavy atom. The van der Waals surface area contributed by atoms with E-state index in [2.05, 4.69) is 5.32 Å². The van der Waals surface area contributed by atoms with E-state index in [9.17, 15) is 0 Å². The van der Waals surface area contributed by atoms with E-state index >= 15 is 0 Å². The first-order valence-corrected chi connectivity index (χ1v) is 6.73. The van der Waals surface area contributed by atoms with E-state index in [1.165, 1.54) is 0 Å². The molecular weight excluding hydrogens is 276 g/mol. The first kappa shape index (κ1) is 13.8. The molecule has 3 N–H and O–H groups in total. The zero-order valence-electron chi connectivity index (χ0n) is 10.6. The molecule has 0 saturated heterocycles. The van der Waals surface area contributed by atoms with Crippen molar-refractivity contribution in [3.8, 4) is 0 Å². The minimum Gasteiger partial charge on any atom is -0.389 e. The zero-order chi connectivity index (χ0) is 13.8. The van der Waals surface area contributed by atoms with Crippen LogP contribution in [0.15, 0.2) is 42.5 Å². The van der Waals surface area contributed by atoms with Crippen molar-refractivity contribution in [2.24, 2.45) is 5.73 Å². The minimum absolute atomic E-state index is 0.430. The van der Waals surface area contributed by atoms with Gasteiger partial charge in [-0.25, -0.2) is 0 Å². The summed E-state index contributed by atoms with van der Waals surface area (Å²) in [5.41, 5.74) is 9.82. The highest BCUT2D eigenvalue weighted by atomic mass is 35.5. The van der Waals surface area contributed by atoms with Gasteiger partial charge in [-0.2, -0.15) is 0 Å². The van der Waals surface area contributed by atoms with Crippen molar-refractivity contribution in [3.63, 3.8) is 0 Å². The summed E-state index contributed by atoms with van der Waals surface area (Å²) in [4.78, 5) is 0.430. The number of nitrogens with two attached hydrogens (primary N) is 1. The summed E-state index contributed by atoms with van der Waals surface area (Å²) in [6.45, 7) is 2.73. The van der Waals surface area contributed by atoms with Crippen molar-refractivity contribution in [3.05, 3.63) is 64.2 Å². The Labute approximate surface area is 123 Å². The number of aryl methyl sites for hydroxylation is 1. The van der Waals surface area contributed by atoms with Crippen molar-refractivity contribution in [2.45, 2.75) is 13.5 Å². The number of halogens is 1. The largest absolute Gasteiger partial charge is 0.389 e. The molecule has 0 radical (unpaired) electrons. The zero-order valence-corrected chi connectivity index (χ0v) is 12.2. The lowest BCUT2D eigenvalue weighted by atomic mass is 10.1. The number of nitrogens with one attached hydrogen (secondary N) is 1. The second-order valence-electron chi connectivity index (χ2n) is 4.38. The van der Waals surface area contributed by atoms with Crippen molar-refractivity contribution in [1.29, 1.82) is 0 Å². The van der Waals surface area contributed by atoms with Gasteiger partial charge in [0, 0.05) is 22.8 Å². The third-order valence-electron chi connectivity index (χ3n) is 2.88. The fourth-order valence-electron chi connectivity index (χ4n) is 1.90. The van der Waals surface area contributed by atoms with Gasteiger partial charge in [-0.3, -0.25) is 0 Å². The van der Waals surface area contributed by atoms with Gasteiger partial charge >= 0.3 is 0 Å². The van der Waals surface area contributed by atoms with Crippen LogP contribution in [0.2, 0.25) is 5.02 Å². The second kappa shape index (κ2) is 6.04. The Bertz CT molecular complexity index is 611. The monoisotopic (exact) mass is 290 g/mol. The molecule has 0 aromatic heterocycles. The Kier molecular flexibility index (Phi) is 4.40. The number of anilines is 1. The van der Waals surface area contributed by atoms with Crippen LogP contribution in [-0.2, 0) is 6.54 Å². The van der Waals surface area contributed by atoms with Crippen LogP contribution in [0.1, 0.15) is 16.7 Å². The minimum atomic E-state index is 0.430. The van der Waals surface area contributed by atoms with E-state index < -0.39 is 0 Å². The normalized spacial score (nSPS) is 10.2. The van der Waals surface area contributed by atoms with Crippen molar-refractivity contribution in [1.82, 2.24) is 0 Å². The van der Waals surface area contributed by atoms with Crippen molar-refractivity contribution in [2.75, 3.05) is 5.32 Å². The molecule has 0 heterocycles. The van der Waals surface area contributed by atoms with Gasteiger partial charge in [0.2, 0.25) is 0 Å². The average molecular weight is 291 g/mol. The second-order valence-corrected chi connectivity index (χ2v) is 5.25. The predicted molar refractivity (Wildman–Crippen MR) is 85.8 cm³/mol. The van der Waals surface area contributed by atoms with E-state index in [0.717, 1.165) is 33.9 Å². The van der Waals surface area contributed by atoms with Gasteiger partial charge in [0.1, 0.15) is 4.99 Å². The number of benzene rings is 2. The van der Waals surface area contributed by atoms with E-state index in [1.807, 2.05) is 49.4 Å². The topological polar surface area (TPSA) is 38.0 Å². The van der Waals surface area contributed by atoms with Gasteiger partial charge in [0.25, 0.3) is 0 Å². The SMILES string of the molecule is Cc1cc(NCc2cccc(Cl)c2)ccc1C(N)=S. The predicted octanol–water partition coefficient (Wildman–Crippen LogP) is 3.89. The third-order valence-corrected chi connectivity index (χ3v) is 3.33. The molecule has 0 aliphatic heterocycles. The summed E-state index contributed by atoms with van der Waals surface area (Å²) in [5.74, 6) is 0. The van der Waals surface area contributed by atoms with E-state index in [-0.39, 0.29) is 0 Å². The number of hydrogen-bond acceptors (Lipinski definition) is 2. The number of hydrogen-bond donors (Lipinski definition) is 2. The summed E-state index contributed by atoms with van der Waals surface area (Å²) >= 11 is 10.9. The van der Waals surface area contributed by atoms with Crippen molar-refractivity contribution >= 4 is 34.5 Å².